The van der Waals surface area contributed by atoms with E-state index in [-0.39, 0.29) is 23.7 Å². The van der Waals surface area contributed by atoms with Crippen LogP contribution < -0.4 is 14.4 Å². The van der Waals surface area contributed by atoms with Gasteiger partial charge in [-0.25, -0.2) is 4.39 Å². The van der Waals surface area contributed by atoms with Crippen molar-refractivity contribution in [2.75, 3.05) is 32.8 Å². The van der Waals surface area contributed by atoms with Crippen molar-refractivity contribution in [3.05, 3.63) is 77.6 Å². The molecule has 0 fully saturated rings. The lowest BCUT2D eigenvalue weighted by molar-refractivity contribution is -0.144. The van der Waals surface area contributed by atoms with Gasteiger partial charge in [0.1, 0.15) is 23.9 Å². The quantitative estimate of drug-likeness (QED) is 0.470. The van der Waals surface area contributed by atoms with Gasteiger partial charge in [0.15, 0.2) is 0 Å². The molecule has 1 aliphatic heterocycles. The third-order valence-corrected chi connectivity index (χ3v) is 6.19. The van der Waals surface area contributed by atoms with Crippen LogP contribution in [0.15, 0.2) is 60.7 Å². The van der Waals surface area contributed by atoms with Crippen molar-refractivity contribution in [1.82, 2.24) is 0 Å². The normalized spacial score (nSPS) is 15.9. The summed E-state index contributed by atoms with van der Waals surface area (Å²) in [5.41, 5.74) is 4.39. The predicted octanol–water partition coefficient (Wildman–Crippen LogP) is 5.42. The number of rotatable bonds is 6. The van der Waals surface area contributed by atoms with Crippen molar-refractivity contribution in [2.24, 2.45) is 5.92 Å². The van der Waals surface area contributed by atoms with Crippen molar-refractivity contribution in [2.45, 2.75) is 19.4 Å². The first kappa shape index (κ1) is 22.6. The molecule has 5 nitrogen and oxygen atoms in total. The molecular weight excluding hydrogens is 421 g/mol. The first-order chi connectivity index (χ1) is 15.9. The highest BCUT2D eigenvalue weighted by Gasteiger charge is 2.27. The van der Waals surface area contributed by atoms with E-state index in [1.165, 1.54) is 13.2 Å². The largest absolute Gasteiger partial charge is 0.497 e. The van der Waals surface area contributed by atoms with Crippen molar-refractivity contribution < 1.29 is 23.4 Å². The Kier molecular flexibility index (Phi) is 6.54. The second kappa shape index (κ2) is 9.53. The van der Waals surface area contributed by atoms with Crippen LogP contribution in [0.5, 0.6) is 11.5 Å². The summed E-state index contributed by atoms with van der Waals surface area (Å²) in [4.78, 5) is 14.0. The van der Waals surface area contributed by atoms with Gasteiger partial charge < -0.3 is 19.1 Å². The molecule has 3 aromatic carbocycles. The number of hydrogen-bond acceptors (Lipinski definition) is 5. The highest BCUT2D eigenvalue weighted by molar-refractivity contribution is 5.72. The summed E-state index contributed by atoms with van der Waals surface area (Å²) in [6.45, 7) is 2.37. The predicted molar refractivity (Wildman–Crippen MR) is 126 cm³/mol. The number of halogens is 1. The molecule has 2 unspecified atom stereocenters. The maximum absolute atomic E-state index is 14.4. The lowest BCUT2D eigenvalue weighted by Crippen LogP contribution is -2.33. The molecule has 0 N–H and O–H groups in total. The van der Waals surface area contributed by atoms with Crippen molar-refractivity contribution in [3.63, 3.8) is 0 Å². The first-order valence-electron chi connectivity index (χ1n) is 10.9. The van der Waals surface area contributed by atoms with Gasteiger partial charge in [0.25, 0.3) is 0 Å². The van der Waals surface area contributed by atoms with Gasteiger partial charge in [-0.05, 0) is 53.4 Å². The molecule has 6 heteroatoms. The Labute approximate surface area is 193 Å². The standard InChI is InChI=1S/C27H28FNO4/c1-17(27(30)32-4)13-18-5-12-26-24(14-18)29(2)25(16-33-26)20-8-6-19(7-9-20)22-15-21(31-3)10-11-23(22)28/h5-12,14-15,17,25H,13,16H2,1-4H3. The van der Waals surface area contributed by atoms with E-state index in [1.807, 2.05) is 50.4 Å². The zero-order chi connectivity index (χ0) is 23.5. The number of fused-ring (bicyclic) bond motifs is 1. The van der Waals surface area contributed by atoms with E-state index in [9.17, 15) is 9.18 Å². The molecule has 1 aliphatic rings. The SMILES string of the molecule is COC(=O)C(C)Cc1ccc2c(c1)N(C)C(c1ccc(-c3cc(OC)ccc3F)cc1)CO2. The Balaban J connectivity index is 1.56. The molecule has 0 spiro atoms. The number of carbonyl (C=O) groups excluding carboxylic acids is 1. The van der Waals surface area contributed by atoms with E-state index in [1.54, 1.807) is 19.2 Å². The Morgan fingerprint density at radius 3 is 2.58 bits per heavy atom. The van der Waals surface area contributed by atoms with Crippen LogP contribution in [0.25, 0.3) is 11.1 Å². The number of likely N-dealkylation sites (N-methyl/N-ethyl adjacent to an activating group) is 1. The molecule has 0 radical (unpaired) electrons. The summed E-state index contributed by atoms with van der Waals surface area (Å²) >= 11 is 0. The summed E-state index contributed by atoms with van der Waals surface area (Å²) in [6, 6.07) is 18.6. The fourth-order valence-electron chi connectivity index (χ4n) is 4.23. The minimum Gasteiger partial charge on any atom is -0.497 e. The van der Waals surface area contributed by atoms with Crippen molar-refractivity contribution in [3.8, 4) is 22.6 Å². The van der Waals surface area contributed by atoms with Crippen LogP contribution in [0, 0.1) is 11.7 Å². The minimum absolute atomic E-state index is 0.00925. The Bertz CT molecular complexity index is 1150. The number of benzene rings is 3. The maximum Gasteiger partial charge on any atom is 0.308 e. The minimum atomic E-state index is -0.288. The second-order valence-electron chi connectivity index (χ2n) is 8.34. The lowest BCUT2D eigenvalue weighted by atomic mass is 9.97. The van der Waals surface area contributed by atoms with E-state index in [0.717, 1.165) is 28.1 Å². The molecule has 0 saturated heterocycles. The Morgan fingerprint density at radius 1 is 1.12 bits per heavy atom. The highest BCUT2D eigenvalue weighted by atomic mass is 19.1. The monoisotopic (exact) mass is 449 g/mol. The number of nitrogens with zero attached hydrogens (tertiary/aromatic N) is 1. The number of carbonyl (C=O) groups is 1. The van der Waals surface area contributed by atoms with Gasteiger partial charge in [0.05, 0.1) is 31.9 Å². The fraction of sp³-hybridized carbons (Fsp3) is 0.296. The van der Waals surface area contributed by atoms with Crippen LogP contribution in [-0.2, 0) is 16.0 Å². The number of anilines is 1. The van der Waals surface area contributed by atoms with Crippen LogP contribution in [0.1, 0.15) is 24.1 Å². The Morgan fingerprint density at radius 2 is 1.88 bits per heavy atom. The van der Waals surface area contributed by atoms with Crippen LogP contribution in [0.4, 0.5) is 10.1 Å². The summed E-state index contributed by atoms with van der Waals surface area (Å²) in [5, 5.41) is 0. The second-order valence-corrected chi connectivity index (χ2v) is 8.34. The van der Waals surface area contributed by atoms with E-state index < -0.39 is 0 Å². The molecule has 0 aromatic heterocycles. The average molecular weight is 450 g/mol. The molecule has 0 aliphatic carbocycles. The van der Waals surface area contributed by atoms with Gasteiger partial charge in [-0.1, -0.05) is 37.3 Å². The van der Waals surface area contributed by atoms with E-state index in [0.29, 0.717) is 24.3 Å². The van der Waals surface area contributed by atoms with Gasteiger partial charge in [-0.2, -0.15) is 0 Å². The molecule has 0 bridgehead atoms. The summed E-state index contributed by atoms with van der Waals surface area (Å²) in [5.74, 6) is 0.707. The average Bonchev–Trinajstić information content (AvgIpc) is 2.84. The van der Waals surface area contributed by atoms with Crippen LogP contribution in [0.2, 0.25) is 0 Å². The zero-order valence-electron chi connectivity index (χ0n) is 19.3. The van der Waals surface area contributed by atoms with Crippen LogP contribution >= 0.6 is 0 Å². The molecule has 0 amide bonds. The third-order valence-electron chi connectivity index (χ3n) is 6.19. The summed E-state index contributed by atoms with van der Waals surface area (Å²) < 4.78 is 30.5. The van der Waals surface area contributed by atoms with Gasteiger partial charge >= 0.3 is 5.97 Å². The maximum atomic E-state index is 14.4. The molecule has 172 valence electrons. The molecule has 2 atom stereocenters. The highest BCUT2D eigenvalue weighted by Crippen LogP contribution is 2.39. The topological polar surface area (TPSA) is 48.0 Å². The molecule has 33 heavy (non-hydrogen) atoms. The number of methoxy groups -OCH3 is 2. The first-order valence-corrected chi connectivity index (χ1v) is 10.9. The fourth-order valence-corrected chi connectivity index (χ4v) is 4.23. The number of ether oxygens (including phenoxy) is 3. The summed E-state index contributed by atoms with van der Waals surface area (Å²) in [6.07, 6.45) is 0.596. The third kappa shape index (κ3) is 4.65. The lowest BCUT2D eigenvalue weighted by Gasteiger charge is -2.36. The smallest absolute Gasteiger partial charge is 0.308 e. The molecule has 4 rings (SSSR count). The van der Waals surface area contributed by atoms with Gasteiger partial charge in [-0.15, -0.1) is 0 Å². The van der Waals surface area contributed by atoms with E-state index >= 15 is 0 Å². The van der Waals surface area contributed by atoms with Crippen LogP contribution in [-0.4, -0.2) is 33.8 Å². The number of esters is 1. The molecule has 3 aromatic rings. The van der Waals surface area contributed by atoms with Crippen molar-refractivity contribution >= 4 is 11.7 Å². The van der Waals surface area contributed by atoms with Gasteiger partial charge in [0.2, 0.25) is 0 Å². The zero-order valence-corrected chi connectivity index (χ0v) is 19.3. The van der Waals surface area contributed by atoms with E-state index in [4.69, 9.17) is 14.2 Å². The van der Waals surface area contributed by atoms with Gasteiger partial charge in [0, 0.05) is 12.6 Å². The van der Waals surface area contributed by atoms with Crippen molar-refractivity contribution in [1.29, 1.82) is 0 Å². The molecule has 1 heterocycles. The Hall–Kier alpha value is -3.54. The number of hydrogen-bond donors (Lipinski definition) is 0. The molecular formula is C27H28FNO4. The molecule has 0 saturated carbocycles. The summed E-state index contributed by atoms with van der Waals surface area (Å²) in [7, 11) is 5.01. The van der Waals surface area contributed by atoms with Gasteiger partial charge in [-0.3, -0.25) is 4.79 Å². The van der Waals surface area contributed by atoms with E-state index in [2.05, 4.69) is 11.0 Å². The van der Waals surface area contributed by atoms with Crippen LogP contribution in [0.3, 0.4) is 0 Å².